The average Bonchev–Trinajstić information content (AvgIpc) is 2.91. The molecule has 22 heavy (non-hydrogen) atoms. The van der Waals surface area contributed by atoms with Gasteiger partial charge in [-0.15, -0.1) is 12.4 Å². The van der Waals surface area contributed by atoms with Crippen molar-refractivity contribution in [3.8, 4) is 0 Å². The Labute approximate surface area is 136 Å². The van der Waals surface area contributed by atoms with E-state index in [1.54, 1.807) is 0 Å². The van der Waals surface area contributed by atoms with Gasteiger partial charge in [-0.2, -0.15) is 0 Å². The fourth-order valence-electron chi connectivity index (χ4n) is 2.62. The number of fused-ring (bicyclic) bond motifs is 1. The van der Waals surface area contributed by atoms with Crippen LogP contribution in [0.3, 0.4) is 0 Å². The van der Waals surface area contributed by atoms with Crippen LogP contribution < -0.4 is 10.6 Å². The zero-order valence-corrected chi connectivity index (χ0v) is 13.5. The van der Waals surface area contributed by atoms with Crippen LogP contribution in [0.4, 0.5) is 0 Å². The Morgan fingerprint density at radius 1 is 1.32 bits per heavy atom. The molecule has 1 saturated heterocycles. The molecule has 1 fully saturated rings. The van der Waals surface area contributed by atoms with Gasteiger partial charge in [-0.3, -0.25) is 9.69 Å². The second-order valence-electron chi connectivity index (χ2n) is 5.50. The molecule has 0 aliphatic carbocycles. The van der Waals surface area contributed by atoms with Crippen LogP contribution in [0.15, 0.2) is 28.7 Å². The Balaban J connectivity index is 0.00000176. The van der Waals surface area contributed by atoms with Gasteiger partial charge in [0.15, 0.2) is 5.76 Å². The van der Waals surface area contributed by atoms with E-state index < -0.39 is 0 Å². The molecule has 1 amide bonds. The fourth-order valence-corrected chi connectivity index (χ4v) is 2.62. The van der Waals surface area contributed by atoms with Crippen molar-refractivity contribution in [1.29, 1.82) is 0 Å². The van der Waals surface area contributed by atoms with E-state index in [-0.39, 0.29) is 18.3 Å². The molecule has 0 saturated carbocycles. The molecule has 0 spiro atoms. The second-order valence-corrected chi connectivity index (χ2v) is 5.50. The van der Waals surface area contributed by atoms with Gasteiger partial charge >= 0.3 is 0 Å². The molecule has 0 radical (unpaired) electrons. The van der Waals surface area contributed by atoms with Gasteiger partial charge in [0.1, 0.15) is 5.58 Å². The van der Waals surface area contributed by atoms with Crippen LogP contribution in [0.5, 0.6) is 0 Å². The quantitative estimate of drug-likeness (QED) is 0.901. The number of hydrogen-bond donors (Lipinski definition) is 2. The molecule has 1 aliphatic heterocycles. The Bertz CT molecular complexity index is 635. The number of carbonyl (C=O) groups is 1. The van der Waals surface area contributed by atoms with Crippen molar-refractivity contribution >= 4 is 29.3 Å². The topological polar surface area (TPSA) is 57.5 Å². The van der Waals surface area contributed by atoms with E-state index in [0.29, 0.717) is 12.3 Å². The van der Waals surface area contributed by atoms with E-state index >= 15 is 0 Å². The molecule has 0 atom stereocenters. The summed E-state index contributed by atoms with van der Waals surface area (Å²) in [5.74, 6) is 0.245. The minimum absolute atomic E-state index is 0. The van der Waals surface area contributed by atoms with Crippen molar-refractivity contribution in [3.05, 3.63) is 35.6 Å². The molecule has 2 N–H and O–H groups in total. The third-order valence-corrected chi connectivity index (χ3v) is 3.82. The second kappa shape index (κ2) is 7.63. The predicted octanol–water partition coefficient (Wildman–Crippen LogP) is 1.80. The van der Waals surface area contributed by atoms with Crippen LogP contribution >= 0.6 is 12.4 Å². The first-order valence-corrected chi connectivity index (χ1v) is 7.44. The largest absolute Gasteiger partial charge is 0.451 e. The lowest BCUT2D eigenvalue weighted by molar-refractivity contribution is 0.0922. The van der Waals surface area contributed by atoms with Crippen LogP contribution in [0.2, 0.25) is 0 Å². The van der Waals surface area contributed by atoms with Gasteiger partial charge in [0.25, 0.3) is 5.91 Å². The number of nitrogens with zero attached hydrogens (tertiary/aromatic N) is 1. The van der Waals surface area contributed by atoms with Crippen molar-refractivity contribution < 1.29 is 9.21 Å². The van der Waals surface area contributed by atoms with Crippen LogP contribution in [0.1, 0.15) is 16.1 Å². The Hall–Kier alpha value is -1.56. The normalized spacial score (nSPS) is 15.5. The molecular weight excluding hydrogens is 302 g/mol. The third kappa shape index (κ3) is 4.00. The minimum Gasteiger partial charge on any atom is -0.451 e. The van der Waals surface area contributed by atoms with Gasteiger partial charge in [-0.25, -0.2) is 0 Å². The summed E-state index contributed by atoms with van der Waals surface area (Å²) >= 11 is 0. The molecule has 1 aromatic carbocycles. The number of nitrogens with one attached hydrogen (secondary N) is 2. The summed E-state index contributed by atoms with van der Waals surface area (Å²) in [5, 5.41) is 7.22. The highest BCUT2D eigenvalue weighted by molar-refractivity contribution is 5.96. The maximum atomic E-state index is 12.1. The lowest BCUT2D eigenvalue weighted by Gasteiger charge is -2.26. The maximum absolute atomic E-state index is 12.1. The number of hydrogen-bond acceptors (Lipinski definition) is 4. The zero-order valence-electron chi connectivity index (χ0n) is 12.7. The minimum atomic E-state index is -0.140. The Kier molecular flexibility index (Phi) is 5.83. The van der Waals surface area contributed by atoms with Crippen LogP contribution in [-0.2, 0) is 0 Å². The third-order valence-electron chi connectivity index (χ3n) is 3.82. The van der Waals surface area contributed by atoms with Crippen molar-refractivity contribution in [2.45, 2.75) is 6.92 Å². The number of aryl methyl sites for hydroxylation is 1. The van der Waals surface area contributed by atoms with E-state index in [2.05, 4.69) is 15.5 Å². The van der Waals surface area contributed by atoms with E-state index in [0.717, 1.165) is 49.3 Å². The van der Waals surface area contributed by atoms with Gasteiger partial charge in [0, 0.05) is 44.7 Å². The molecular formula is C16H22ClN3O2. The summed E-state index contributed by atoms with van der Waals surface area (Å²) < 4.78 is 5.59. The van der Waals surface area contributed by atoms with Crippen LogP contribution in [0.25, 0.3) is 11.0 Å². The smallest absolute Gasteiger partial charge is 0.287 e. The Morgan fingerprint density at radius 2 is 2.09 bits per heavy atom. The van der Waals surface area contributed by atoms with Gasteiger partial charge in [0.05, 0.1) is 0 Å². The molecule has 0 unspecified atom stereocenters. The molecule has 5 nitrogen and oxygen atoms in total. The standard InChI is InChI=1S/C16H21N3O2.ClH/c1-12-2-3-14-13(10-12)11-15(21-14)16(20)18-6-9-19-7-4-17-5-8-19;/h2-3,10-11,17H,4-9H2,1H3,(H,18,20);1H. The van der Waals surface area contributed by atoms with Gasteiger partial charge in [-0.05, 0) is 25.1 Å². The highest BCUT2D eigenvalue weighted by Crippen LogP contribution is 2.20. The van der Waals surface area contributed by atoms with E-state index in [1.165, 1.54) is 0 Å². The number of carbonyl (C=O) groups excluding carboxylic acids is 1. The van der Waals surface area contributed by atoms with E-state index in [1.807, 2.05) is 31.2 Å². The number of rotatable bonds is 4. The molecule has 1 aliphatic rings. The number of halogens is 1. The molecule has 0 bridgehead atoms. The maximum Gasteiger partial charge on any atom is 0.287 e. The fraction of sp³-hybridized carbons (Fsp3) is 0.438. The van der Waals surface area contributed by atoms with Crippen molar-refractivity contribution in [2.24, 2.45) is 0 Å². The average molecular weight is 324 g/mol. The summed E-state index contributed by atoms with van der Waals surface area (Å²) in [5.41, 5.74) is 1.92. The molecule has 1 aromatic heterocycles. The molecule has 2 aromatic rings. The summed E-state index contributed by atoms with van der Waals surface area (Å²) in [7, 11) is 0. The van der Waals surface area contributed by atoms with E-state index in [4.69, 9.17) is 4.42 Å². The molecule has 3 rings (SSSR count). The van der Waals surface area contributed by atoms with Crippen molar-refractivity contribution in [1.82, 2.24) is 15.5 Å². The summed E-state index contributed by atoms with van der Waals surface area (Å²) in [4.78, 5) is 14.5. The SMILES string of the molecule is Cc1ccc2oc(C(=O)NCCN3CCNCC3)cc2c1.Cl. The summed E-state index contributed by atoms with van der Waals surface area (Å²) in [6.07, 6.45) is 0. The summed E-state index contributed by atoms with van der Waals surface area (Å²) in [6, 6.07) is 7.72. The lowest BCUT2D eigenvalue weighted by atomic mass is 10.2. The molecule has 6 heteroatoms. The first-order valence-electron chi connectivity index (χ1n) is 7.44. The van der Waals surface area contributed by atoms with Crippen LogP contribution in [0, 0.1) is 6.92 Å². The predicted molar refractivity (Wildman–Crippen MR) is 89.8 cm³/mol. The molecule has 2 heterocycles. The lowest BCUT2D eigenvalue weighted by Crippen LogP contribution is -2.46. The number of amides is 1. The first kappa shape index (κ1) is 16.8. The van der Waals surface area contributed by atoms with Crippen molar-refractivity contribution in [3.63, 3.8) is 0 Å². The highest BCUT2D eigenvalue weighted by atomic mass is 35.5. The molecule has 120 valence electrons. The van der Waals surface area contributed by atoms with Gasteiger partial charge in [-0.1, -0.05) is 11.6 Å². The number of benzene rings is 1. The van der Waals surface area contributed by atoms with Crippen LogP contribution in [-0.4, -0.2) is 50.1 Å². The van der Waals surface area contributed by atoms with Crippen molar-refractivity contribution in [2.75, 3.05) is 39.3 Å². The summed E-state index contributed by atoms with van der Waals surface area (Å²) in [6.45, 7) is 7.69. The number of furan rings is 1. The van der Waals surface area contributed by atoms with E-state index in [9.17, 15) is 4.79 Å². The zero-order chi connectivity index (χ0) is 14.7. The van der Waals surface area contributed by atoms with Gasteiger partial charge < -0.3 is 15.1 Å². The monoisotopic (exact) mass is 323 g/mol. The number of piperazine rings is 1. The van der Waals surface area contributed by atoms with Gasteiger partial charge in [0.2, 0.25) is 0 Å². The highest BCUT2D eigenvalue weighted by Gasteiger charge is 2.13. The Morgan fingerprint density at radius 3 is 2.86 bits per heavy atom. The first-order chi connectivity index (χ1) is 10.2.